The Labute approximate surface area is 413 Å². The van der Waals surface area contributed by atoms with Gasteiger partial charge in [0, 0.05) is 0 Å². The fourth-order valence-corrected chi connectivity index (χ4v) is 3.92. The molecular weight excluding hydrogens is 745 g/mol. The van der Waals surface area contributed by atoms with Crippen LogP contribution in [0.1, 0.15) is 386 Å². The fraction of sp³-hybridized carbons (Fsp3) is 1.00. The van der Waals surface area contributed by atoms with Crippen LogP contribution in [-0.4, -0.2) is 0 Å². The van der Waals surface area contributed by atoms with E-state index in [2.05, 4.69) is 152 Å². The average molecular weight is 904 g/mol. The zero-order chi connectivity index (χ0) is 43.2. The van der Waals surface area contributed by atoms with Crippen molar-refractivity contribution in [2.24, 2.45) is 29.1 Å². The summed E-state index contributed by atoms with van der Waals surface area (Å²) in [6.45, 7) is 49.6. The molecule has 0 aromatic rings. The lowest BCUT2D eigenvalue weighted by Gasteiger charge is -2.18. The summed E-state index contributed by atoms with van der Waals surface area (Å²) in [7, 11) is 0. The number of hydrogen-bond donors (Lipinski definition) is 0. The summed E-state index contributed by atoms with van der Waals surface area (Å²) in [4.78, 5) is 0. The molecule has 0 heteroatoms. The molecule has 0 aliphatic rings. The molecule has 0 aromatic carbocycles. The Morgan fingerprint density at radius 3 is 0.629 bits per heavy atom. The van der Waals surface area contributed by atoms with Crippen LogP contribution in [0.15, 0.2) is 0 Å². The van der Waals surface area contributed by atoms with E-state index in [1.54, 1.807) is 0 Å². The summed E-state index contributed by atoms with van der Waals surface area (Å²) in [6, 6.07) is 0. The van der Waals surface area contributed by atoms with E-state index in [-0.39, 0.29) is 66.8 Å². The van der Waals surface area contributed by atoms with Gasteiger partial charge in [-0.05, 0) is 29.1 Å². The first-order valence-corrected chi connectivity index (χ1v) is 25.1. The van der Waals surface area contributed by atoms with Gasteiger partial charge in [0.1, 0.15) is 0 Å². The Balaban J connectivity index is -0.0000000245. The Kier molecular flexibility index (Phi) is 208. The maximum atomic E-state index is 2.33. The topological polar surface area (TPSA) is 0 Å². The number of hydrogen-bond acceptors (Lipinski definition) is 0. The Morgan fingerprint density at radius 1 is 0.258 bits per heavy atom. The van der Waals surface area contributed by atoms with Crippen LogP contribution in [0.2, 0.25) is 0 Å². The first-order valence-electron chi connectivity index (χ1n) is 25.1. The predicted molar refractivity (Wildman–Crippen MR) is 322 cm³/mol. The first kappa shape index (κ1) is 114. The van der Waals surface area contributed by atoms with Crippen molar-refractivity contribution in [3.63, 3.8) is 0 Å². The summed E-state index contributed by atoms with van der Waals surface area (Å²) in [6.07, 6.45) is 35.7. The van der Waals surface area contributed by atoms with Crippen molar-refractivity contribution in [3.05, 3.63) is 0 Å². The van der Waals surface area contributed by atoms with Gasteiger partial charge in [0.2, 0.25) is 0 Å². The van der Waals surface area contributed by atoms with Crippen LogP contribution in [0.5, 0.6) is 0 Å². The quantitative estimate of drug-likeness (QED) is 0.0897. The highest BCUT2D eigenvalue weighted by molar-refractivity contribution is 4.61. The molecule has 0 amide bonds. The summed E-state index contributed by atoms with van der Waals surface area (Å²) in [5.74, 6) is 3.73. The Morgan fingerprint density at radius 2 is 0.484 bits per heavy atom. The molecule has 0 N–H and O–H groups in total. The largest absolute Gasteiger partial charge is 0.0776 e. The highest BCUT2D eigenvalue weighted by Gasteiger charge is 2.09. The van der Waals surface area contributed by atoms with Crippen molar-refractivity contribution in [2.45, 2.75) is 386 Å². The Bertz CT molecular complexity index is 440. The van der Waals surface area contributed by atoms with Crippen molar-refractivity contribution >= 4 is 0 Å². The van der Waals surface area contributed by atoms with Crippen molar-refractivity contribution in [1.29, 1.82) is 0 Å². The monoisotopic (exact) mass is 903 g/mol. The van der Waals surface area contributed by atoms with Crippen LogP contribution in [0.25, 0.3) is 0 Å². The van der Waals surface area contributed by atoms with Crippen LogP contribution in [0.4, 0.5) is 0 Å². The fourth-order valence-electron chi connectivity index (χ4n) is 3.92. The molecule has 0 bridgehead atoms. The van der Waals surface area contributed by atoms with Gasteiger partial charge in [-0.1, -0.05) is 386 Å². The second-order valence-corrected chi connectivity index (χ2v) is 17.4. The summed E-state index contributed by atoms with van der Waals surface area (Å²) in [5, 5.41) is 0. The van der Waals surface area contributed by atoms with Crippen molar-refractivity contribution in [2.75, 3.05) is 0 Å². The van der Waals surface area contributed by atoms with Crippen molar-refractivity contribution < 1.29 is 0 Å². The predicted octanol–water partition coefficient (Wildman–Crippen LogP) is 27.6. The molecule has 1 atom stereocenters. The van der Waals surface area contributed by atoms with E-state index in [1.165, 1.54) is 167 Å². The molecule has 0 rings (SSSR count). The summed E-state index contributed by atoms with van der Waals surface area (Å²) < 4.78 is 0. The third-order valence-electron chi connectivity index (χ3n) is 10.7. The van der Waals surface area contributed by atoms with E-state index in [4.69, 9.17) is 0 Å². The van der Waals surface area contributed by atoms with Gasteiger partial charge in [0.25, 0.3) is 0 Å². The van der Waals surface area contributed by atoms with Crippen LogP contribution in [-0.2, 0) is 0 Å². The molecule has 1 unspecified atom stereocenters. The van der Waals surface area contributed by atoms with E-state index in [0.717, 1.165) is 23.7 Å². The number of rotatable bonds is 23. The highest BCUT2D eigenvalue weighted by Crippen LogP contribution is 2.22. The van der Waals surface area contributed by atoms with Crippen molar-refractivity contribution in [3.8, 4) is 0 Å². The molecule has 0 nitrogen and oxygen atoms in total. The standard InChI is InChI=1S/2C8H18.2C7H16.3C6H14.C5H12.9CH4/c1-4-5-6-7-8(2)3;1-4-6-7-8(3)5-2;1-5-7(3,4)6-2;1-3-5-7-6-4-2;2*1-4-6(3)5-2;1-3-5-6-4-2;1-3-5-4-2;;;;;;;;;/h2*8H,4-7H2,1-3H3;5-6H2,1-4H3;3-7H2,1-2H3;2*6H,4-5H2,1-3H3;3-6H2,1-2H3;3-5H2,1-2H3;9*1H4. The van der Waals surface area contributed by atoms with E-state index in [9.17, 15) is 0 Å². The molecular formula is C62H158. The van der Waals surface area contributed by atoms with Gasteiger partial charge in [0.05, 0.1) is 0 Å². The Hall–Kier alpha value is 0. The third-order valence-corrected chi connectivity index (χ3v) is 10.7. The van der Waals surface area contributed by atoms with Gasteiger partial charge < -0.3 is 0 Å². The maximum Gasteiger partial charge on any atom is -0.0359 e. The van der Waals surface area contributed by atoms with Gasteiger partial charge in [-0.3, -0.25) is 0 Å². The van der Waals surface area contributed by atoms with Crippen LogP contribution >= 0.6 is 0 Å². The minimum Gasteiger partial charge on any atom is -0.0776 e. The van der Waals surface area contributed by atoms with Gasteiger partial charge >= 0.3 is 0 Å². The van der Waals surface area contributed by atoms with Crippen molar-refractivity contribution in [1.82, 2.24) is 0 Å². The molecule has 62 heavy (non-hydrogen) atoms. The normalized spacial score (nSPS) is 9.05. The first-order chi connectivity index (χ1) is 25.1. The maximum absolute atomic E-state index is 2.33. The molecule has 0 saturated carbocycles. The van der Waals surface area contributed by atoms with Gasteiger partial charge in [0.15, 0.2) is 0 Å². The highest BCUT2D eigenvalue weighted by atomic mass is 14.2. The van der Waals surface area contributed by atoms with E-state index < -0.39 is 0 Å². The minimum absolute atomic E-state index is 0. The van der Waals surface area contributed by atoms with Gasteiger partial charge in [-0.25, -0.2) is 0 Å². The summed E-state index contributed by atoms with van der Waals surface area (Å²) in [5.41, 5.74) is 0.583. The van der Waals surface area contributed by atoms with Crippen LogP contribution < -0.4 is 0 Å². The smallest absolute Gasteiger partial charge is 0.0359 e. The summed E-state index contributed by atoms with van der Waals surface area (Å²) >= 11 is 0. The zero-order valence-electron chi connectivity index (χ0n) is 43.2. The third kappa shape index (κ3) is 181. The minimum atomic E-state index is 0. The van der Waals surface area contributed by atoms with Crippen LogP contribution in [0, 0.1) is 29.1 Å². The lowest BCUT2D eigenvalue weighted by atomic mass is 9.88. The second kappa shape index (κ2) is 113. The molecule has 0 aliphatic heterocycles. The lowest BCUT2D eigenvalue weighted by Crippen LogP contribution is -2.05. The molecule has 0 aromatic heterocycles. The zero-order valence-corrected chi connectivity index (χ0v) is 43.2. The molecule has 0 spiro atoms. The molecule has 0 radical (unpaired) electrons. The molecule has 0 fully saturated rings. The lowest BCUT2D eigenvalue weighted by molar-refractivity contribution is 0.338. The molecule has 406 valence electrons. The SMILES string of the molecule is C.C.C.C.C.C.C.C.C.CCC(C)(C)CC.CCC(C)CC.CCC(C)CC.CCCCC.CCCCC(C)CC.CCCCCC.CCCCCC(C)C.CCCCCCC. The van der Waals surface area contributed by atoms with Gasteiger partial charge in [-0.15, -0.1) is 0 Å². The van der Waals surface area contributed by atoms with E-state index >= 15 is 0 Å². The molecule has 0 saturated heterocycles. The van der Waals surface area contributed by atoms with E-state index in [1.807, 2.05) is 0 Å². The van der Waals surface area contributed by atoms with E-state index in [0.29, 0.717) is 5.41 Å². The van der Waals surface area contributed by atoms with Crippen LogP contribution in [0.3, 0.4) is 0 Å². The van der Waals surface area contributed by atoms with Gasteiger partial charge in [-0.2, -0.15) is 0 Å². The molecule has 0 heterocycles. The molecule has 0 aliphatic carbocycles. The average Bonchev–Trinajstić information content (AvgIpc) is 3.17. The number of unbranched alkanes of at least 4 members (excludes halogenated alkanes) is 12. The second-order valence-electron chi connectivity index (χ2n) is 17.4.